The van der Waals surface area contributed by atoms with E-state index in [9.17, 15) is 13.2 Å². The third-order valence-electron chi connectivity index (χ3n) is 4.60. The van der Waals surface area contributed by atoms with Gasteiger partial charge < -0.3 is 9.47 Å². The maximum Gasteiger partial charge on any atom is 0.432 e. The molecule has 0 saturated carbocycles. The number of hydrogen-bond acceptors (Lipinski definition) is 2. The molecule has 1 aliphatic heterocycles. The molecule has 1 aromatic heterocycles. The van der Waals surface area contributed by atoms with E-state index in [0.717, 1.165) is 5.69 Å². The molecular weight excluding hydrogens is 327 g/mol. The molecule has 128 valence electrons. The lowest BCUT2D eigenvalue weighted by Crippen LogP contribution is -2.30. The SMILES string of the molecule is CN1CC(c2c(C(F)(F)F)n(C)c3ccccc23)=Nc2ccccc21. The topological polar surface area (TPSA) is 20.5 Å². The van der Waals surface area contributed by atoms with Crippen LogP contribution in [0, 0.1) is 0 Å². The highest BCUT2D eigenvalue weighted by Gasteiger charge is 2.40. The third-order valence-corrected chi connectivity index (χ3v) is 4.60. The van der Waals surface area contributed by atoms with Crippen molar-refractivity contribution < 1.29 is 13.2 Å². The lowest BCUT2D eigenvalue weighted by atomic mass is 10.0. The van der Waals surface area contributed by atoms with Crippen LogP contribution in [0.2, 0.25) is 0 Å². The minimum atomic E-state index is -4.46. The number of aryl methyl sites for hydroxylation is 1. The summed E-state index contributed by atoms with van der Waals surface area (Å²) in [5.74, 6) is 0. The van der Waals surface area contributed by atoms with Crippen molar-refractivity contribution in [2.45, 2.75) is 6.18 Å². The van der Waals surface area contributed by atoms with Crippen LogP contribution in [0.15, 0.2) is 53.5 Å². The Labute approximate surface area is 143 Å². The van der Waals surface area contributed by atoms with E-state index < -0.39 is 11.9 Å². The van der Waals surface area contributed by atoms with Crippen LogP contribution in [0.3, 0.4) is 0 Å². The van der Waals surface area contributed by atoms with Crippen molar-refractivity contribution in [1.29, 1.82) is 0 Å². The van der Waals surface area contributed by atoms with Crippen LogP contribution in [0.25, 0.3) is 10.9 Å². The van der Waals surface area contributed by atoms with Gasteiger partial charge in [-0.2, -0.15) is 13.2 Å². The van der Waals surface area contributed by atoms with Gasteiger partial charge in [-0.05, 0) is 18.2 Å². The molecule has 2 aromatic carbocycles. The van der Waals surface area contributed by atoms with Gasteiger partial charge >= 0.3 is 6.18 Å². The molecular formula is C19H16F3N3. The number of nitrogens with zero attached hydrogens (tertiary/aromatic N) is 3. The first-order valence-corrected chi connectivity index (χ1v) is 7.90. The summed E-state index contributed by atoms with van der Waals surface area (Å²) >= 11 is 0. The number of rotatable bonds is 1. The second kappa shape index (κ2) is 5.37. The van der Waals surface area contributed by atoms with Crippen molar-refractivity contribution in [3.63, 3.8) is 0 Å². The molecule has 0 aliphatic carbocycles. The van der Waals surface area contributed by atoms with Crippen molar-refractivity contribution in [3.8, 4) is 0 Å². The van der Waals surface area contributed by atoms with Crippen molar-refractivity contribution >= 4 is 28.0 Å². The molecule has 1 aliphatic rings. The van der Waals surface area contributed by atoms with Crippen molar-refractivity contribution in [1.82, 2.24) is 4.57 Å². The van der Waals surface area contributed by atoms with Gasteiger partial charge in [0.1, 0.15) is 5.69 Å². The second-order valence-electron chi connectivity index (χ2n) is 6.20. The lowest BCUT2D eigenvalue weighted by Gasteiger charge is -2.27. The van der Waals surface area contributed by atoms with Gasteiger partial charge in [-0.25, -0.2) is 4.99 Å². The predicted octanol–water partition coefficient (Wildman–Crippen LogP) is 4.77. The minimum Gasteiger partial charge on any atom is -0.367 e. The summed E-state index contributed by atoms with van der Waals surface area (Å²) in [5, 5.41) is 0.573. The average Bonchev–Trinajstić information content (AvgIpc) is 2.88. The highest BCUT2D eigenvalue weighted by atomic mass is 19.4. The third kappa shape index (κ3) is 2.40. The zero-order valence-electron chi connectivity index (χ0n) is 13.8. The van der Waals surface area contributed by atoms with Crippen LogP contribution >= 0.6 is 0 Å². The number of anilines is 1. The molecule has 0 fully saturated rings. The quantitative estimate of drug-likeness (QED) is 0.623. The molecule has 0 saturated heterocycles. The second-order valence-corrected chi connectivity index (χ2v) is 6.20. The summed E-state index contributed by atoms with van der Waals surface area (Å²) in [4.78, 5) is 6.50. The Bertz CT molecular complexity index is 999. The molecule has 0 atom stereocenters. The molecule has 25 heavy (non-hydrogen) atoms. The van der Waals surface area contributed by atoms with Crippen LogP contribution < -0.4 is 4.90 Å². The first kappa shape index (κ1) is 15.7. The molecule has 0 N–H and O–H groups in total. The van der Waals surface area contributed by atoms with Gasteiger partial charge in [0, 0.05) is 30.6 Å². The number of alkyl halides is 3. The number of halogens is 3. The summed E-state index contributed by atoms with van der Waals surface area (Å²) < 4.78 is 42.6. The number of aliphatic imine (C=N–C) groups is 1. The van der Waals surface area contributed by atoms with E-state index in [1.807, 2.05) is 36.2 Å². The van der Waals surface area contributed by atoms with E-state index in [1.54, 1.807) is 24.3 Å². The highest BCUT2D eigenvalue weighted by Crippen LogP contribution is 2.40. The van der Waals surface area contributed by atoms with Crippen LogP contribution in [0.4, 0.5) is 24.5 Å². The molecule has 0 radical (unpaired) electrons. The molecule has 0 amide bonds. The van der Waals surface area contributed by atoms with Gasteiger partial charge in [0.05, 0.1) is 23.6 Å². The van der Waals surface area contributed by atoms with Gasteiger partial charge in [0.25, 0.3) is 0 Å². The van der Waals surface area contributed by atoms with E-state index in [0.29, 0.717) is 28.8 Å². The Morgan fingerprint density at radius 3 is 2.40 bits per heavy atom. The summed E-state index contributed by atoms with van der Waals surface area (Å²) in [6.07, 6.45) is -4.46. The molecule has 6 heteroatoms. The van der Waals surface area contributed by atoms with Gasteiger partial charge in [-0.15, -0.1) is 0 Å². The van der Waals surface area contributed by atoms with E-state index in [4.69, 9.17) is 0 Å². The number of aromatic nitrogens is 1. The van der Waals surface area contributed by atoms with Crippen molar-refractivity contribution in [3.05, 3.63) is 59.8 Å². The Morgan fingerprint density at radius 2 is 1.64 bits per heavy atom. The number of benzene rings is 2. The lowest BCUT2D eigenvalue weighted by molar-refractivity contribution is -0.142. The first-order chi connectivity index (χ1) is 11.9. The fourth-order valence-corrected chi connectivity index (χ4v) is 3.52. The maximum atomic E-state index is 13.8. The zero-order chi connectivity index (χ0) is 17.8. The summed E-state index contributed by atoms with van der Waals surface area (Å²) in [5.41, 5.74) is 2.11. The molecule has 0 unspecified atom stereocenters. The minimum absolute atomic E-state index is 0.173. The summed E-state index contributed by atoms with van der Waals surface area (Å²) in [6, 6.07) is 14.4. The molecule has 0 spiro atoms. The number of fused-ring (bicyclic) bond motifs is 2. The Kier molecular flexibility index (Phi) is 3.39. The van der Waals surface area contributed by atoms with E-state index >= 15 is 0 Å². The predicted molar refractivity (Wildman–Crippen MR) is 93.8 cm³/mol. The van der Waals surface area contributed by atoms with Gasteiger partial charge in [-0.1, -0.05) is 30.3 Å². The standard InChI is InChI=1S/C19H16F3N3/c1-24-11-14(23-13-8-4-6-10-16(13)24)17-12-7-3-5-9-15(12)25(2)18(17)19(20,21)22/h3-10H,11H2,1-2H3. The fourth-order valence-electron chi connectivity index (χ4n) is 3.52. The summed E-state index contributed by atoms with van der Waals surface area (Å²) in [7, 11) is 3.32. The number of likely N-dealkylation sites (N-methyl/N-ethyl adjacent to an activating group) is 1. The smallest absolute Gasteiger partial charge is 0.367 e. The Hall–Kier alpha value is -2.76. The normalized spacial score (nSPS) is 14.6. The van der Waals surface area contributed by atoms with Gasteiger partial charge in [0.2, 0.25) is 0 Å². The molecule has 2 heterocycles. The monoisotopic (exact) mass is 343 g/mol. The first-order valence-electron chi connectivity index (χ1n) is 7.90. The van der Waals surface area contributed by atoms with Crippen molar-refractivity contribution in [2.24, 2.45) is 12.0 Å². The highest BCUT2D eigenvalue weighted by molar-refractivity contribution is 6.16. The van der Waals surface area contributed by atoms with E-state index in [-0.39, 0.29) is 5.56 Å². The van der Waals surface area contributed by atoms with E-state index in [1.165, 1.54) is 11.6 Å². The Morgan fingerprint density at radius 1 is 0.960 bits per heavy atom. The van der Waals surface area contributed by atoms with Crippen LogP contribution in [-0.4, -0.2) is 23.9 Å². The molecule has 0 bridgehead atoms. The average molecular weight is 343 g/mol. The molecule has 3 nitrogen and oxygen atoms in total. The molecule has 4 rings (SSSR count). The van der Waals surface area contributed by atoms with Crippen LogP contribution in [0.5, 0.6) is 0 Å². The largest absolute Gasteiger partial charge is 0.432 e. The van der Waals surface area contributed by atoms with Crippen LogP contribution in [-0.2, 0) is 13.2 Å². The van der Waals surface area contributed by atoms with Crippen molar-refractivity contribution in [2.75, 3.05) is 18.5 Å². The van der Waals surface area contributed by atoms with E-state index in [2.05, 4.69) is 4.99 Å². The number of hydrogen-bond donors (Lipinski definition) is 0. The van der Waals surface area contributed by atoms with Gasteiger partial charge in [-0.3, -0.25) is 0 Å². The molecule has 3 aromatic rings. The number of para-hydroxylation sites is 3. The van der Waals surface area contributed by atoms with Gasteiger partial charge in [0.15, 0.2) is 0 Å². The zero-order valence-corrected chi connectivity index (χ0v) is 13.8. The fraction of sp³-hybridized carbons (Fsp3) is 0.211. The summed E-state index contributed by atoms with van der Waals surface area (Å²) in [6.45, 7) is 0.327. The van der Waals surface area contributed by atoms with Crippen LogP contribution in [0.1, 0.15) is 11.3 Å². The maximum absolute atomic E-state index is 13.8. The Balaban J connectivity index is 2.04.